The third-order valence-electron chi connectivity index (χ3n) is 13.4. The number of amides is 4. The molecule has 0 bridgehead atoms. The first kappa shape index (κ1) is 65.4. The lowest BCUT2D eigenvalue weighted by molar-refractivity contribution is -0.138. The molecule has 10 aromatic rings. The number of halogens is 6. The van der Waals surface area contributed by atoms with Crippen molar-refractivity contribution in [3.8, 4) is 34.0 Å². The van der Waals surface area contributed by atoms with Gasteiger partial charge in [-0.15, -0.1) is 10.2 Å². The number of nitrogens with zero attached hydrogens (tertiary/aromatic N) is 10. The van der Waals surface area contributed by atoms with Crippen LogP contribution in [0.3, 0.4) is 0 Å². The number of nitrogens with one attached hydrogen (secondary N) is 4. The van der Waals surface area contributed by atoms with Crippen LogP contribution in [0.2, 0.25) is 0 Å². The van der Waals surface area contributed by atoms with Crippen molar-refractivity contribution in [1.29, 1.82) is 0 Å². The summed E-state index contributed by atoms with van der Waals surface area (Å²) in [5.74, 6) is -0.849. The van der Waals surface area contributed by atoms with Gasteiger partial charge < -0.3 is 40.4 Å². The van der Waals surface area contributed by atoms with E-state index in [-0.39, 0.29) is 36.2 Å². The van der Waals surface area contributed by atoms with Crippen molar-refractivity contribution in [1.82, 2.24) is 71.5 Å². The van der Waals surface area contributed by atoms with E-state index in [0.29, 0.717) is 66.6 Å². The van der Waals surface area contributed by atoms with Gasteiger partial charge in [-0.1, -0.05) is 94.6 Å². The fourth-order valence-corrected chi connectivity index (χ4v) is 8.96. The Morgan fingerprint density at radius 3 is 1.21 bits per heavy atom. The monoisotopic (exact) mass is 1270 g/mol. The van der Waals surface area contributed by atoms with Crippen LogP contribution in [0.15, 0.2) is 158 Å². The molecule has 0 aliphatic heterocycles. The molecular formula is C64H60F6N14O8. The lowest BCUT2D eigenvalue weighted by Crippen LogP contribution is -2.32. The van der Waals surface area contributed by atoms with Gasteiger partial charge in [-0.25, -0.2) is 19.6 Å². The average Bonchev–Trinajstić information content (AvgIpc) is 0.874. The van der Waals surface area contributed by atoms with E-state index in [2.05, 4.69) is 61.8 Å². The molecule has 6 aromatic carbocycles. The van der Waals surface area contributed by atoms with Gasteiger partial charge in [0.15, 0.2) is 0 Å². The maximum absolute atomic E-state index is 13.6. The van der Waals surface area contributed by atoms with Gasteiger partial charge in [0, 0.05) is 25.2 Å². The number of carbonyl (C=O) groups is 4. The molecule has 4 heterocycles. The Hall–Kier alpha value is -11.1. The molecule has 0 spiro atoms. The third kappa shape index (κ3) is 17.2. The SMILES string of the molecule is C[C@@H](NC(=O)c1cc(On2nnc3ccccc32)ncn1)c1ccc(-c2cc(C(F)(F)F)ccc2CNC(=O)OC(C)(C)C)cc1.C[C@@H](NC(=O)c1cc(On2nnc3ccccc32)ncn1)c1ccc(-c2cc(C(F)(F)F)ccc2CNC(=O)OC(C)(C)C)cc1. The van der Waals surface area contributed by atoms with Crippen molar-refractivity contribution >= 4 is 46.1 Å². The van der Waals surface area contributed by atoms with Gasteiger partial charge in [0.25, 0.3) is 23.6 Å². The normalized spacial score (nSPS) is 12.4. The number of para-hydroxylation sites is 2. The first-order valence-corrected chi connectivity index (χ1v) is 28.3. The maximum atomic E-state index is 13.6. The van der Waals surface area contributed by atoms with Crippen molar-refractivity contribution in [2.45, 2.75) is 104 Å². The van der Waals surface area contributed by atoms with E-state index in [9.17, 15) is 45.5 Å². The van der Waals surface area contributed by atoms with E-state index in [1.807, 2.05) is 12.1 Å². The van der Waals surface area contributed by atoms with Crippen molar-refractivity contribution in [3.05, 3.63) is 203 Å². The van der Waals surface area contributed by atoms with E-state index in [1.54, 1.807) is 140 Å². The van der Waals surface area contributed by atoms with Crippen LogP contribution in [0.5, 0.6) is 11.8 Å². The van der Waals surface area contributed by atoms with Gasteiger partial charge in [-0.2, -0.15) is 36.3 Å². The van der Waals surface area contributed by atoms with E-state index in [0.717, 1.165) is 24.3 Å². The number of hydrogen-bond acceptors (Lipinski definition) is 16. The molecule has 0 unspecified atom stereocenters. The topological polar surface area (TPSA) is 266 Å². The summed E-state index contributed by atoms with van der Waals surface area (Å²) in [5, 5.41) is 26.8. The number of benzene rings is 6. The Bertz CT molecular complexity index is 4010. The highest BCUT2D eigenvalue weighted by Crippen LogP contribution is 2.37. The number of fused-ring (bicyclic) bond motifs is 2. The third-order valence-corrected chi connectivity index (χ3v) is 13.4. The van der Waals surface area contributed by atoms with Crippen molar-refractivity contribution in [2.75, 3.05) is 0 Å². The smallest absolute Gasteiger partial charge is 0.416 e. The summed E-state index contributed by atoms with van der Waals surface area (Å²) in [6, 6.07) is 36.2. The highest BCUT2D eigenvalue weighted by molar-refractivity contribution is 5.93. The van der Waals surface area contributed by atoms with Crippen LogP contribution < -0.4 is 30.9 Å². The Kier molecular flexibility index (Phi) is 19.4. The van der Waals surface area contributed by atoms with Gasteiger partial charge >= 0.3 is 24.5 Å². The minimum absolute atomic E-state index is 0.0454. The quantitative estimate of drug-likeness (QED) is 0.0655. The summed E-state index contributed by atoms with van der Waals surface area (Å²) in [7, 11) is 0. The second-order valence-electron chi connectivity index (χ2n) is 22.7. The number of rotatable bonds is 16. The molecule has 4 N–H and O–H groups in total. The molecular weight excluding hydrogens is 1210 g/mol. The van der Waals surface area contributed by atoms with Crippen LogP contribution in [0.1, 0.15) is 122 Å². The summed E-state index contributed by atoms with van der Waals surface area (Å²) in [6.45, 7) is 13.7. The van der Waals surface area contributed by atoms with Gasteiger partial charge in [0.2, 0.25) is 0 Å². The van der Waals surface area contributed by atoms with Crippen molar-refractivity contribution in [2.24, 2.45) is 0 Å². The molecule has 28 heteroatoms. The lowest BCUT2D eigenvalue weighted by atomic mass is 9.95. The number of hydrogen-bond donors (Lipinski definition) is 4. The number of alkyl halides is 6. The molecule has 4 amide bonds. The van der Waals surface area contributed by atoms with Crippen LogP contribution in [0, 0.1) is 0 Å². The maximum Gasteiger partial charge on any atom is 0.416 e. The Morgan fingerprint density at radius 2 is 0.848 bits per heavy atom. The average molecular weight is 1270 g/mol. The Morgan fingerprint density at radius 1 is 0.478 bits per heavy atom. The largest absolute Gasteiger partial charge is 0.444 e. The first-order valence-electron chi connectivity index (χ1n) is 28.3. The molecule has 0 saturated carbocycles. The standard InChI is InChI=1S/2C32H30F3N7O4/c2*1-19(39-29(43)26-16-28(38-18-37-26)46-42-27-8-6-5-7-25(27)40-41-42)20-9-11-21(12-10-20)24-15-23(32(33,34)35)14-13-22(24)17-36-30(44)45-31(2,3)4/h2*5-16,18-19H,17H2,1-4H3,(H,36,44)(H,39,43)/t2*19-/m11/s1. The summed E-state index contributed by atoms with van der Waals surface area (Å²) < 4.78 is 91.9. The second kappa shape index (κ2) is 27.4. The number of ether oxygens (including phenoxy) is 2. The zero-order valence-electron chi connectivity index (χ0n) is 50.6. The molecule has 4 aromatic heterocycles. The van der Waals surface area contributed by atoms with E-state index < -0.39 is 70.8 Å². The lowest BCUT2D eigenvalue weighted by Gasteiger charge is -2.20. The van der Waals surface area contributed by atoms with Crippen molar-refractivity contribution in [3.63, 3.8) is 0 Å². The predicted molar refractivity (Wildman–Crippen MR) is 323 cm³/mol. The number of aromatic nitrogens is 10. The molecule has 476 valence electrons. The highest BCUT2D eigenvalue weighted by Gasteiger charge is 2.33. The first-order chi connectivity index (χ1) is 43.5. The summed E-state index contributed by atoms with van der Waals surface area (Å²) in [6.07, 6.45) is -8.11. The Balaban J connectivity index is 0.000000217. The predicted octanol–water partition coefficient (Wildman–Crippen LogP) is 12.5. The zero-order chi connectivity index (χ0) is 66.1. The van der Waals surface area contributed by atoms with Crippen LogP contribution in [0.4, 0.5) is 35.9 Å². The summed E-state index contributed by atoms with van der Waals surface area (Å²) in [4.78, 5) is 80.3. The summed E-state index contributed by atoms with van der Waals surface area (Å²) in [5.41, 5.74) is 3.35. The van der Waals surface area contributed by atoms with Gasteiger partial charge in [-0.3, -0.25) is 9.59 Å². The number of carbonyl (C=O) groups excluding carboxylic acids is 4. The fraction of sp³-hybridized carbons (Fsp3) is 0.250. The summed E-state index contributed by atoms with van der Waals surface area (Å²) >= 11 is 0. The fourth-order valence-electron chi connectivity index (χ4n) is 8.96. The molecule has 92 heavy (non-hydrogen) atoms. The molecule has 0 aliphatic rings. The van der Waals surface area contributed by atoms with Crippen LogP contribution in [0.25, 0.3) is 44.3 Å². The van der Waals surface area contributed by atoms with Crippen LogP contribution in [-0.4, -0.2) is 85.5 Å². The molecule has 0 aliphatic carbocycles. The van der Waals surface area contributed by atoms with Gasteiger partial charge in [0.05, 0.1) is 23.2 Å². The highest BCUT2D eigenvalue weighted by atomic mass is 19.4. The van der Waals surface area contributed by atoms with Crippen LogP contribution in [-0.2, 0) is 34.9 Å². The van der Waals surface area contributed by atoms with Crippen molar-refractivity contribution < 1.29 is 64.7 Å². The molecule has 22 nitrogen and oxygen atoms in total. The number of alkyl carbamates (subject to hydrolysis) is 2. The van der Waals surface area contributed by atoms with Gasteiger partial charge in [-0.05, 0) is 159 Å². The van der Waals surface area contributed by atoms with Crippen LogP contribution >= 0.6 is 0 Å². The van der Waals surface area contributed by atoms with E-state index >= 15 is 0 Å². The Labute approximate surface area is 521 Å². The molecule has 0 fully saturated rings. The van der Waals surface area contributed by atoms with E-state index in [4.69, 9.17) is 19.1 Å². The zero-order valence-corrected chi connectivity index (χ0v) is 50.6. The molecule has 0 saturated heterocycles. The van der Waals surface area contributed by atoms with Gasteiger partial charge in [0.1, 0.15) is 57.3 Å². The minimum Gasteiger partial charge on any atom is -0.444 e. The van der Waals surface area contributed by atoms with E-state index in [1.165, 1.54) is 46.6 Å². The molecule has 2 atom stereocenters. The molecule has 10 rings (SSSR count). The molecule has 0 radical (unpaired) electrons. The second-order valence-corrected chi connectivity index (χ2v) is 22.7. The minimum atomic E-state index is -4.56.